The van der Waals surface area contributed by atoms with Gasteiger partial charge in [-0.3, -0.25) is 0 Å². The third-order valence-corrected chi connectivity index (χ3v) is 1.83. The summed E-state index contributed by atoms with van der Waals surface area (Å²) < 4.78 is 0. The molecule has 68 valence electrons. The van der Waals surface area contributed by atoms with E-state index in [1.165, 1.54) is 5.56 Å². The molecule has 0 aliphatic carbocycles. The summed E-state index contributed by atoms with van der Waals surface area (Å²) in [5.41, 5.74) is 7.76. The zero-order valence-corrected chi connectivity index (χ0v) is 7.90. The zero-order valence-electron chi connectivity index (χ0n) is 7.90. The molecule has 0 bridgehead atoms. The number of nitrogen functional groups attached to an aromatic ring is 1. The lowest BCUT2D eigenvalue weighted by atomic mass is 10.2. The molecule has 2 N–H and O–H groups in total. The van der Waals surface area contributed by atoms with Gasteiger partial charge in [-0.15, -0.1) is 0 Å². The van der Waals surface area contributed by atoms with Crippen LogP contribution in [-0.2, 0) is 6.42 Å². The van der Waals surface area contributed by atoms with Crippen LogP contribution in [0.15, 0.2) is 48.5 Å². The summed E-state index contributed by atoms with van der Waals surface area (Å²) in [5.74, 6) is 0. The molecule has 0 atom stereocenters. The fourth-order valence-corrected chi connectivity index (χ4v) is 1.04. The molecule has 0 saturated heterocycles. The molecule has 1 nitrogen and oxygen atoms in total. The van der Waals surface area contributed by atoms with E-state index in [1.54, 1.807) is 0 Å². The zero-order chi connectivity index (χ0) is 9.52. The Bertz CT molecular complexity index is 317. The van der Waals surface area contributed by atoms with E-state index in [1.807, 2.05) is 36.4 Å². The van der Waals surface area contributed by atoms with Gasteiger partial charge in [-0.2, -0.15) is 0 Å². The van der Waals surface area contributed by atoms with Crippen LogP contribution in [-0.4, -0.2) is 0 Å². The van der Waals surface area contributed by atoms with Gasteiger partial charge in [0.25, 0.3) is 0 Å². The molecule has 0 aliphatic heterocycles. The fourth-order valence-electron chi connectivity index (χ4n) is 1.04. The molecule has 1 heteroatoms. The molecule has 0 unspecified atom stereocenters. The molecule has 0 amide bonds. The van der Waals surface area contributed by atoms with E-state index in [0.717, 1.165) is 12.1 Å². The molecule has 0 saturated carbocycles. The average Bonchev–Trinajstić information content (AvgIpc) is 2.15. The number of hydrogen-bond donors (Lipinski definition) is 1. The van der Waals surface area contributed by atoms with Gasteiger partial charge in [0, 0.05) is 5.69 Å². The maximum absolute atomic E-state index is 5.68. The molecular weight excluding hydrogens is 158 g/mol. The van der Waals surface area contributed by atoms with Gasteiger partial charge >= 0.3 is 0 Å². The largest absolute Gasteiger partial charge is 0.399 e. The normalized spacial score (nSPS) is 9.00. The highest BCUT2D eigenvalue weighted by atomic mass is 14.5. The second kappa shape index (κ2) is 5.20. The third kappa shape index (κ3) is 3.61. The first kappa shape index (κ1) is 9.59. The molecule has 0 aliphatic rings. The van der Waals surface area contributed by atoms with Gasteiger partial charge in [0.15, 0.2) is 0 Å². The maximum atomic E-state index is 5.68. The number of rotatable bonds is 1. The first-order valence-corrected chi connectivity index (χ1v) is 4.50. The van der Waals surface area contributed by atoms with Crippen LogP contribution in [0.5, 0.6) is 0 Å². The second-order valence-electron chi connectivity index (χ2n) is 2.86. The summed E-state index contributed by atoms with van der Waals surface area (Å²) in [4.78, 5) is 0. The van der Waals surface area contributed by atoms with Crippen molar-refractivity contribution in [3.05, 3.63) is 54.1 Å². The predicted octanol–water partition coefficient (Wildman–Crippen LogP) is 2.96. The molecule has 13 heavy (non-hydrogen) atoms. The first-order chi connectivity index (χ1) is 6.33. The number of aryl methyl sites for hydroxylation is 1. The van der Waals surface area contributed by atoms with Crippen molar-refractivity contribution in [3.63, 3.8) is 0 Å². The van der Waals surface area contributed by atoms with Crippen molar-refractivity contribution in [3.8, 4) is 0 Å². The average molecular weight is 173 g/mol. The minimum absolute atomic E-state index is 0.776. The van der Waals surface area contributed by atoms with Crippen LogP contribution in [0.3, 0.4) is 0 Å². The molecule has 0 spiro atoms. The lowest BCUT2D eigenvalue weighted by Crippen LogP contribution is -1.79. The highest BCUT2D eigenvalue weighted by Gasteiger charge is 1.79. The first-order valence-electron chi connectivity index (χ1n) is 4.50. The molecule has 0 radical (unpaired) electrons. The van der Waals surface area contributed by atoms with E-state index in [4.69, 9.17) is 5.73 Å². The molecule has 0 aromatic heterocycles. The molecule has 1 aromatic rings. The highest BCUT2D eigenvalue weighted by molar-refractivity contribution is 5.34. The Morgan fingerprint density at radius 1 is 0.923 bits per heavy atom. The van der Waals surface area contributed by atoms with E-state index in [-0.39, 0.29) is 0 Å². The van der Waals surface area contributed by atoms with E-state index in [0.29, 0.717) is 0 Å². The topological polar surface area (TPSA) is 26.0 Å². The van der Waals surface area contributed by atoms with Crippen LogP contribution in [0.2, 0.25) is 0 Å². The minimum Gasteiger partial charge on any atom is -0.399 e. The number of anilines is 1. The van der Waals surface area contributed by atoms with Gasteiger partial charge in [0.05, 0.1) is 0 Å². The maximum Gasteiger partial charge on any atom is 0.0313 e. The van der Waals surface area contributed by atoms with Crippen LogP contribution >= 0.6 is 0 Å². The van der Waals surface area contributed by atoms with Crippen LogP contribution in [0, 0.1) is 0 Å². The monoisotopic (exact) mass is 173 g/mol. The van der Waals surface area contributed by atoms with Gasteiger partial charge in [0.1, 0.15) is 0 Å². The molecule has 1 rings (SSSR count). The summed E-state index contributed by atoms with van der Waals surface area (Å²) in [6.07, 6.45) is 1.04. The van der Waals surface area contributed by atoms with Crippen molar-refractivity contribution in [1.29, 1.82) is 0 Å². The van der Waals surface area contributed by atoms with E-state index >= 15 is 0 Å². The summed E-state index contributed by atoms with van der Waals surface area (Å²) in [6, 6.07) is 15.9. The predicted molar refractivity (Wildman–Crippen MR) is 57.9 cm³/mol. The Kier molecular flexibility index (Phi) is 3.83. The van der Waals surface area contributed by atoms with E-state index < -0.39 is 0 Å². The van der Waals surface area contributed by atoms with Crippen molar-refractivity contribution in [2.75, 3.05) is 5.73 Å². The minimum atomic E-state index is 0.776. The van der Waals surface area contributed by atoms with Gasteiger partial charge in [-0.25, -0.2) is 0 Å². The smallest absolute Gasteiger partial charge is 0.0313 e. The Morgan fingerprint density at radius 2 is 1.54 bits per heavy atom. The number of nitrogens with two attached hydrogens (primary N) is 1. The molecular formula is C12H15N. The fraction of sp³-hybridized carbons (Fsp3) is 0.167. The number of hydrogen-bond acceptors (Lipinski definition) is 1. The van der Waals surface area contributed by atoms with E-state index in [9.17, 15) is 0 Å². The van der Waals surface area contributed by atoms with Crippen molar-refractivity contribution in [1.82, 2.24) is 0 Å². The standard InChI is InChI=1S/C12H15N/c1-2-11-7-4-3-5-9-12(13)10-6-8-11/h3-10H,2,13H2,1H3. The third-order valence-electron chi connectivity index (χ3n) is 1.83. The van der Waals surface area contributed by atoms with Crippen molar-refractivity contribution >= 4 is 5.69 Å². The molecule has 0 fully saturated rings. The lowest BCUT2D eigenvalue weighted by Gasteiger charge is -1.89. The highest BCUT2D eigenvalue weighted by Crippen LogP contribution is 1.98. The van der Waals surface area contributed by atoms with Crippen molar-refractivity contribution < 1.29 is 0 Å². The molecule has 0 heterocycles. The second-order valence-corrected chi connectivity index (χ2v) is 2.86. The van der Waals surface area contributed by atoms with Gasteiger partial charge < -0.3 is 5.73 Å². The Hall–Kier alpha value is -1.50. The lowest BCUT2D eigenvalue weighted by molar-refractivity contribution is 1.14. The van der Waals surface area contributed by atoms with E-state index in [2.05, 4.69) is 19.1 Å². The van der Waals surface area contributed by atoms with Crippen LogP contribution < -0.4 is 5.73 Å². The van der Waals surface area contributed by atoms with Gasteiger partial charge in [-0.05, 0) is 24.1 Å². The quantitative estimate of drug-likeness (QED) is 0.694. The van der Waals surface area contributed by atoms with Gasteiger partial charge in [-0.1, -0.05) is 43.3 Å². The summed E-state index contributed by atoms with van der Waals surface area (Å²) in [6.45, 7) is 2.14. The summed E-state index contributed by atoms with van der Waals surface area (Å²) in [5, 5.41) is 0. The van der Waals surface area contributed by atoms with Crippen LogP contribution in [0.4, 0.5) is 5.69 Å². The van der Waals surface area contributed by atoms with Crippen molar-refractivity contribution in [2.45, 2.75) is 13.3 Å². The Morgan fingerprint density at radius 3 is 2.31 bits per heavy atom. The van der Waals surface area contributed by atoms with Gasteiger partial charge in [0.2, 0.25) is 0 Å². The van der Waals surface area contributed by atoms with Crippen LogP contribution in [0.1, 0.15) is 12.5 Å². The van der Waals surface area contributed by atoms with Crippen molar-refractivity contribution in [2.24, 2.45) is 0 Å². The summed E-state index contributed by atoms with van der Waals surface area (Å²) >= 11 is 0. The molecule has 1 aromatic carbocycles. The summed E-state index contributed by atoms with van der Waals surface area (Å²) in [7, 11) is 0. The van der Waals surface area contributed by atoms with Crippen LogP contribution in [0.25, 0.3) is 0 Å². The SMILES string of the molecule is CCc1cccccc(N)ccc1. The Labute approximate surface area is 79.5 Å². The Balaban J connectivity index is 3.16.